The molecule has 0 amide bonds. The van der Waals surface area contributed by atoms with E-state index in [4.69, 9.17) is 5.41 Å². The maximum absolute atomic E-state index is 10.1. The molecule has 1 saturated carbocycles. The number of aryl methyl sites for hydroxylation is 1. The minimum Gasteiger partial charge on any atom is -0.305 e. The van der Waals surface area contributed by atoms with Gasteiger partial charge in [0.05, 0.1) is 23.9 Å². The second-order valence-electron chi connectivity index (χ2n) is 7.94. The van der Waals surface area contributed by atoms with Gasteiger partial charge in [-0.3, -0.25) is 4.90 Å². The van der Waals surface area contributed by atoms with Gasteiger partial charge in [-0.25, -0.2) is 0 Å². The predicted molar refractivity (Wildman–Crippen MR) is 116 cm³/mol. The third-order valence-corrected chi connectivity index (χ3v) is 7.40. The lowest BCUT2D eigenvalue weighted by molar-refractivity contribution is 0.199. The molecule has 2 aliphatic rings. The first kappa shape index (κ1) is 20.0. The molecule has 30 heavy (non-hydrogen) atoms. The van der Waals surface area contributed by atoms with Crippen molar-refractivity contribution in [1.82, 2.24) is 4.90 Å². The van der Waals surface area contributed by atoms with Crippen molar-refractivity contribution in [1.29, 1.82) is 21.2 Å². The van der Waals surface area contributed by atoms with Gasteiger partial charge in [-0.05, 0) is 35.1 Å². The van der Waals surface area contributed by atoms with E-state index >= 15 is 0 Å². The molecule has 2 aromatic rings. The molecule has 0 bridgehead atoms. The van der Waals surface area contributed by atoms with Crippen LogP contribution in [0.25, 0.3) is 0 Å². The summed E-state index contributed by atoms with van der Waals surface area (Å²) >= 11 is 1.53. The standard InChI is InChI=1S/C24H21N5S/c1-16-8-10-30-22(16)21-20-13-29(12-17-5-3-2-4-6-17)9-7-18(20)19(11-25)23(28)24(21,14-26)15-27/h2-8,10,19-21,28H,9,12-13H2,1H3/t19-,20+,21+/m0/s1. The zero-order valence-electron chi connectivity index (χ0n) is 16.7. The first-order chi connectivity index (χ1) is 14.6. The van der Waals surface area contributed by atoms with E-state index in [2.05, 4.69) is 35.2 Å². The lowest BCUT2D eigenvalue weighted by Gasteiger charge is -2.47. The van der Waals surface area contributed by atoms with Crippen LogP contribution in [0.4, 0.5) is 0 Å². The van der Waals surface area contributed by atoms with E-state index in [9.17, 15) is 15.8 Å². The maximum Gasteiger partial charge on any atom is 0.190 e. The van der Waals surface area contributed by atoms with Gasteiger partial charge >= 0.3 is 0 Å². The third kappa shape index (κ3) is 3.04. The van der Waals surface area contributed by atoms with Crippen molar-refractivity contribution in [2.75, 3.05) is 13.1 Å². The molecule has 5 nitrogen and oxygen atoms in total. The molecule has 1 aromatic carbocycles. The minimum atomic E-state index is -1.63. The Morgan fingerprint density at radius 1 is 1.17 bits per heavy atom. The summed E-state index contributed by atoms with van der Waals surface area (Å²) in [6, 6.07) is 18.7. The minimum absolute atomic E-state index is 0.0770. The summed E-state index contributed by atoms with van der Waals surface area (Å²) in [7, 11) is 0. The van der Waals surface area contributed by atoms with Crippen molar-refractivity contribution in [2.45, 2.75) is 19.4 Å². The van der Waals surface area contributed by atoms with Gasteiger partial charge < -0.3 is 5.41 Å². The summed E-state index contributed by atoms with van der Waals surface area (Å²) in [5, 5.41) is 40.7. The molecule has 0 unspecified atom stereocenters. The Balaban J connectivity index is 1.81. The molecule has 6 heteroatoms. The number of thiophene rings is 1. The molecule has 1 N–H and O–H groups in total. The smallest absolute Gasteiger partial charge is 0.190 e. The summed E-state index contributed by atoms with van der Waals surface area (Å²) in [6.07, 6.45) is 2.05. The molecule has 0 radical (unpaired) electrons. The highest BCUT2D eigenvalue weighted by molar-refractivity contribution is 7.10. The van der Waals surface area contributed by atoms with Gasteiger partial charge in [0.2, 0.25) is 0 Å². The van der Waals surface area contributed by atoms with Crippen LogP contribution in [0.2, 0.25) is 0 Å². The molecule has 148 valence electrons. The van der Waals surface area contributed by atoms with Crippen LogP contribution in [0, 0.1) is 63.6 Å². The summed E-state index contributed by atoms with van der Waals surface area (Å²) in [5.41, 5.74) is 1.42. The lowest BCUT2D eigenvalue weighted by atomic mass is 9.55. The number of rotatable bonds is 3. The second-order valence-corrected chi connectivity index (χ2v) is 8.89. The highest BCUT2D eigenvalue weighted by Crippen LogP contribution is 2.55. The fraction of sp³-hybridized carbons (Fsp3) is 0.333. The van der Waals surface area contributed by atoms with E-state index in [0.717, 1.165) is 22.6 Å². The molecule has 3 atom stereocenters. The second kappa shape index (κ2) is 7.88. The van der Waals surface area contributed by atoms with Crippen molar-refractivity contribution in [3.05, 3.63) is 69.4 Å². The van der Waals surface area contributed by atoms with E-state index in [1.807, 2.05) is 42.6 Å². The van der Waals surface area contributed by atoms with Gasteiger partial charge in [-0.1, -0.05) is 36.4 Å². The fourth-order valence-corrected chi connectivity index (χ4v) is 5.97. The van der Waals surface area contributed by atoms with E-state index in [1.54, 1.807) is 0 Å². The first-order valence-corrected chi connectivity index (χ1v) is 10.7. The number of fused-ring (bicyclic) bond motifs is 1. The monoisotopic (exact) mass is 411 g/mol. The maximum atomic E-state index is 10.1. The average Bonchev–Trinajstić information content (AvgIpc) is 3.19. The van der Waals surface area contributed by atoms with Crippen molar-refractivity contribution in [3.8, 4) is 18.2 Å². The van der Waals surface area contributed by atoms with Gasteiger partial charge in [0, 0.05) is 36.3 Å². The van der Waals surface area contributed by atoms with E-state index in [1.165, 1.54) is 16.9 Å². The summed E-state index contributed by atoms with van der Waals surface area (Å²) < 4.78 is 0. The number of nitrogens with zero attached hydrogens (tertiary/aromatic N) is 4. The quantitative estimate of drug-likeness (QED) is 0.757. The molecule has 1 fully saturated rings. The Morgan fingerprint density at radius 3 is 2.50 bits per heavy atom. The predicted octanol–water partition coefficient (Wildman–Crippen LogP) is 4.41. The van der Waals surface area contributed by atoms with Crippen molar-refractivity contribution in [3.63, 3.8) is 0 Å². The SMILES string of the molecule is Cc1ccsc1[C@H]1[C@@H]2CN(Cc3ccccc3)CC=C2[C@H](C#N)C(=N)C1(C#N)C#N. The highest BCUT2D eigenvalue weighted by Gasteiger charge is 2.58. The van der Waals surface area contributed by atoms with Gasteiger partial charge in [0.15, 0.2) is 5.41 Å². The van der Waals surface area contributed by atoms with Crippen molar-refractivity contribution < 1.29 is 0 Å². The molecule has 1 aliphatic heterocycles. The van der Waals surface area contributed by atoms with E-state index in [-0.39, 0.29) is 11.6 Å². The zero-order chi connectivity index (χ0) is 21.3. The molecule has 2 heterocycles. The molecule has 1 aromatic heterocycles. The highest BCUT2D eigenvalue weighted by atomic mass is 32.1. The Hall–Kier alpha value is -3.24. The Labute approximate surface area is 180 Å². The van der Waals surface area contributed by atoms with E-state index in [0.29, 0.717) is 13.1 Å². The van der Waals surface area contributed by atoms with Crippen LogP contribution in [0.5, 0.6) is 0 Å². The van der Waals surface area contributed by atoms with Crippen LogP contribution in [-0.2, 0) is 6.54 Å². The summed E-state index contributed by atoms with van der Waals surface area (Å²) in [6.45, 7) is 4.09. The van der Waals surface area contributed by atoms with Gasteiger partial charge in [-0.15, -0.1) is 11.3 Å². The third-order valence-electron chi connectivity index (χ3n) is 6.30. The van der Waals surface area contributed by atoms with Gasteiger partial charge in [0.25, 0.3) is 0 Å². The molecule has 1 aliphatic carbocycles. The molecule has 0 saturated heterocycles. The Morgan fingerprint density at radius 2 is 1.90 bits per heavy atom. The first-order valence-electron chi connectivity index (χ1n) is 9.87. The zero-order valence-corrected chi connectivity index (χ0v) is 17.5. The van der Waals surface area contributed by atoms with Crippen LogP contribution in [0.3, 0.4) is 0 Å². The van der Waals surface area contributed by atoms with E-state index < -0.39 is 17.3 Å². The van der Waals surface area contributed by atoms with Crippen LogP contribution >= 0.6 is 11.3 Å². The number of hydrogen-bond donors (Lipinski definition) is 1. The topological polar surface area (TPSA) is 98.5 Å². The van der Waals surface area contributed by atoms with Gasteiger partial charge in [0.1, 0.15) is 5.92 Å². The van der Waals surface area contributed by atoms with Crippen LogP contribution in [0.15, 0.2) is 53.4 Å². The number of nitrogens with one attached hydrogen (secondary N) is 1. The lowest BCUT2D eigenvalue weighted by Crippen LogP contribution is -2.52. The molecular weight excluding hydrogens is 390 g/mol. The molecule has 4 rings (SSSR count). The summed E-state index contributed by atoms with van der Waals surface area (Å²) in [5.74, 6) is -1.42. The normalized spacial score (nSPS) is 25.3. The van der Waals surface area contributed by atoms with Gasteiger partial charge in [-0.2, -0.15) is 15.8 Å². The van der Waals surface area contributed by atoms with Crippen molar-refractivity contribution >= 4 is 17.0 Å². The van der Waals surface area contributed by atoms with Crippen LogP contribution in [-0.4, -0.2) is 23.7 Å². The Bertz CT molecular complexity index is 1110. The number of hydrogen-bond acceptors (Lipinski definition) is 6. The fourth-order valence-electron chi connectivity index (χ4n) is 4.81. The van der Waals surface area contributed by atoms with Crippen LogP contribution < -0.4 is 0 Å². The Kier molecular flexibility index (Phi) is 5.27. The van der Waals surface area contributed by atoms with Crippen LogP contribution in [0.1, 0.15) is 21.9 Å². The van der Waals surface area contributed by atoms with Crippen molar-refractivity contribution in [2.24, 2.45) is 17.3 Å². The average molecular weight is 412 g/mol. The molecule has 0 spiro atoms. The largest absolute Gasteiger partial charge is 0.305 e. The molecular formula is C24H21N5S. The number of nitriles is 3. The number of benzene rings is 1. The summed E-state index contributed by atoms with van der Waals surface area (Å²) in [4.78, 5) is 3.26.